The van der Waals surface area contributed by atoms with Gasteiger partial charge in [-0.3, -0.25) is 4.79 Å². The standard InChI is InChI=1S/C13H21NO4S/c1-8(2)19(16,17)7-13(15)14-10(4)12-6-9(3)18-11(12)5/h6,8,10H,7H2,1-5H3,(H,14,15). The van der Waals surface area contributed by atoms with Crippen LogP contribution in [0.15, 0.2) is 10.5 Å². The molecular formula is C13H21NO4S. The van der Waals surface area contributed by atoms with Gasteiger partial charge in [0.1, 0.15) is 17.3 Å². The van der Waals surface area contributed by atoms with E-state index < -0.39 is 26.7 Å². The molecular weight excluding hydrogens is 266 g/mol. The van der Waals surface area contributed by atoms with Gasteiger partial charge in [0, 0.05) is 5.56 Å². The van der Waals surface area contributed by atoms with Crippen molar-refractivity contribution in [2.24, 2.45) is 0 Å². The summed E-state index contributed by atoms with van der Waals surface area (Å²) in [5.74, 6) is 0.533. The molecule has 1 unspecified atom stereocenters. The number of carbonyl (C=O) groups is 1. The Morgan fingerprint density at radius 3 is 2.32 bits per heavy atom. The number of amides is 1. The van der Waals surface area contributed by atoms with Gasteiger partial charge in [0.15, 0.2) is 9.84 Å². The smallest absolute Gasteiger partial charge is 0.235 e. The number of hydrogen-bond acceptors (Lipinski definition) is 4. The van der Waals surface area contributed by atoms with Crippen LogP contribution in [-0.2, 0) is 14.6 Å². The molecule has 5 nitrogen and oxygen atoms in total. The summed E-state index contributed by atoms with van der Waals surface area (Å²) in [5, 5.41) is 2.13. The van der Waals surface area contributed by atoms with Crippen LogP contribution in [0.3, 0.4) is 0 Å². The zero-order valence-electron chi connectivity index (χ0n) is 12.0. The number of furan rings is 1. The van der Waals surface area contributed by atoms with Gasteiger partial charge in [-0.15, -0.1) is 0 Å². The van der Waals surface area contributed by atoms with Crippen LogP contribution in [0.4, 0.5) is 0 Å². The molecule has 0 bridgehead atoms. The van der Waals surface area contributed by atoms with Crippen molar-refractivity contribution in [1.29, 1.82) is 0 Å². The Labute approximate surface area is 114 Å². The summed E-state index contributed by atoms with van der Waals surface area (Å²) in [7, 11) is -3.37. The first-order valence-electron chi connectivity index (χ1n) is 6.21. The Hall–Kier alpha value is -1.30. The van der Waals surface area contributed by atoms with Crippen LogP contribution < -0.4 is 5.32 Å². The lowest BCUT2D eigenvalue weighted by Crippen LogP contribution is -2.34. The van der Waals surface area contributed by atoms with E-state index in [1.165, 1.54) is 0 Å². The van der Waals surface area contributed by atoms with Gasteiger partial charge in [0.2, 0.25) is 5.91 Å². The van der Waals surface area contributed by atoms with Crippen molar-refractivity contribution >= 4 is 15.7 Å². The third-order valence-corrected chi connectivity index (χ3v) is 5.07. The zero-order valence-corrected chi connectivity index (χ0v) is 12.8. The molecule has 0 saturated heterocycles. The van der Waals surface area contributed by atoms with Crippen LogP contribution in [0.2, 0.25) is 0 Å². The minimum atomic E-state index is -3.37. The average molecular weight is 287 g/mol. The van der Waals surface area contributed by atoms with E-state index in [0.717, 1.165) is 17.1 Å². The molecule has 0 aliphatic carbocycles. The molecule has 0 aliphatic heterocycles. The van der Waals surface area contributed by atoms with Crippen LogP contribution in [0.5, 0.6) is 0 Å². The second-order valence-electron chi connectivity index (χ2n) is 5.01. The number of sulfone groups is 1. The van der Waals surface area contributed by atoms with Gasteiger partial charge >= 0.3 is 0 Å². The Kier molecular flexibility index (Phi) is 4.79. The molecule has 0 aromatic carbocycles. The number of aryl methyl sites for hydroxylation is 2. The Bertz CT molecular complexity index is 557. The molecule has 1 atom stereocenters. The van der Waals surface area contributed by atoms with Gasteiger partial charge in [-0.05, 0) is 40.7 Å². The molecule has 0 fully saturated rings. The first-order chi connectivity index (χ1) is 8.63. The van der Waals surface area contributed by atoms with E-state index in [4.69, 9.17) is 4.42 Å². The largest absolute Gasteiger partial charge is 0.466 e. The summed E-state index contributed by atoms with van der Waals surface area (Å²) >= 11 is 0. The van der Waals surface area contributed by atoms with Crippen LogP contribution in [0.1, 0.15) is 43.9 Å². The molecule has 1 N–H and O–H groups in total. The highest BCUT2D eigenvalue weighted by Gasteiger charge is 2.22. The fourth-order valence-corrected chi connectivity index (χ4v) is 2.57. The topological polar surface area (TPSA) is 76.4 Å². The molecule has 1 rings (SSSR count). The van der Waals surface area contributed by atoms with E-state index in [0.29, 0.717) is 0 Å². The molecule has 1 amide bonds. The Morgan fingerprint density at radius 1 is 1.32 bits per heavy atom. The molecule has 0 radical (unpaired) electrons. The molecule has 0 aliphatic rings. The maximum atomic E-state index is 11.7. The molecule has 1 heterocycles. The first kappa shape index (κ1) is 15.8. The van der Waals surface area contributed by atoms with Crippen molar-refractivity contribution in [3.8, 4) is 0 Å². The second-order valence-corrected chi connectivity index (χ2v) is 7.57. The van der Waals surface area contributed by atoms with Crippen molar-refractivity contribution in [2.75, 3.05) is 5.75 Å². The molecule has 6 heteroatoms. The van der Waals surface area contributed by atoms with Crippen LogP contribution in [0, 0.1) is 13.8 Å². The average Bonchev–Trinajstić information content (AvgIpc) is 2.56. The normalized spacial score (nSPS) is 13.6. The van der Waals surface area contributed by atoms with E-state index in [2.05, 4.69) is 5.32 Å². The van der Waals surface area contributed by atoms with Crippen LogP contribution in [0.25, 0.3) is 0 Å². The number of nitrogens with one attached hydrogen (secondary N) is 1. The van der Waals surface area contributed by atoms with Gasteiger partial charge in [0.05, 0.1) is 11.3 Å². The molecule has 108 valence electrons. The summed E-state index contributed by atoms with van der Waals surface area (Å²) in [6.07, 6.45) is 0. The molecule has 1 aromatic heterocycles. The Balaban J connectivity index is 2.70. The van der Waals surface area contributed by atoms with Crippen LogP contribution in [-0.4, -0.2) is 25.3 Å². The quantitative estimate of drug-likeness (QED) is 0.897. The third-order valence-electron chi connectivity index (χ3n) is 2.97. The van der Waals surface area contributed by atoms with Gasteiger partial charge in [-0.25, -0.2) is 8.42 Å². The fraction of sp³-hybridized carbons (Fsp3) is 0.615. The second kappa shape index (κ2) is 5.77. The third kappa shape index (κ3) is 4.09. The molecule has 0 saturated carbocycles. The predicted octanol–water partition coefficient (Wildman–Crippen LogP) is 1.90. The minimum Gasteiger partial charge on any atom is -0.466 e. The fourth-order valence-electron chi connectivity index (χ4n) is 1.79. The Morgan fingerprint density at radius 2 is 1.89 bits per heavy atom. The molecule has 19 heavy (non-hydrogen) atoms. The van der Waals surface area contributed by atoms with E-state index >= 15 is 0 Å². The minimum absolute atomic E-state index is 0.271. The lowest BCUT2D eigenvalue weighted by Gasteiger charge is -2.14. The number of rotatable bonds is 5. The first-order valence-corrected chi connectivity index (χ1v) is 7.93. The van der Waals surface area contributed by atoms with Gasteiger partial charge in [-0.2, -0.15) is 0 Å². The highest BCUT2D eigenvalue weighted by atomic mass is 32.2. The summed E-state index contributed by atoms with van der Waals surface area (Å²) in [5.41, 5.74) is 0.868. The predicted molar refractivity (Wildman–Crippen MR) is 73.7 cm³/mol. The van der Waals surface area contributed by atoms with E-state index in [-0.39, 0.29) is 6.04 Å². The summed E-state index contributed by atoms with van der Waals surface area (Å²) in [6.45, 7) is 8.58. The highest BCUT2D eigenvalue weighted by Crippen LogP contribution is 2.21. The molecule has 1 aromatic rings. The van der Waals surface area contributed by atoms with Gasteiger partial charge in [0.25, 0.3) is 0 Å². The van der Waals surface area contributed by atoms with E-state index in [1.807, 2.05) is 19.9 Å². The zero-order chi connectivity index (χ0) is 14.8. The van der Waals surface area contributed by atoms with Gasteiger partial charge in [-0.1, -0.05) is 0 Å². The van der Waals surface area contributed by atoms with E-state index in [1.54, 1.807) is 20.8 Å². The van der Waals surface area contributed by atoms with Crippen molar-refractivity contribution in [2.45, 2.75) is 45.9 Å². The van der Waals surface area contributed by atoms with Crippen LogP contribution >= 0.6 is 0 Å². The molecule has 0 spiro atoms. The lowest BCUT2D eigenvalue weighted by atomic mass is 10.1. The maximum absolute atomic E-state index is 11.7. The van der Waals surface area contributed by atoms with Crippen molar-refractivity contribution < 1.29 is 17.6 Å². The van der Waals surface area contributed by atoms with E-state index in [9.17, 15) is 13.2 Å². The number of hydrogen-bond donors (Lipinski definition) is 1. The van der Waals surface area contributed by atoms with Crippen molar-refractivity contribution in [3.05, 3.63) is 23.2 Å². The highest BCUT2D eigenvalue weighted by molar-refractivity contribution is 7.92. The summed E-state index contributed by atoms with van der Waals surface area (Å²) in [6, 6.07) is 1.57. The van der Waals surface area contributed by atoms with Crippen molar-refractivity contribution in [1.82, 2.24) is 5.32 Å². The number of carbonyl (C=O) groups excluding carboxylic acids is 1. The SMILES string of the molecule is Cc1cc(C(C)NC(=O)CS(=O)(=O)C(C)C)c(C)o1. The summed E-state index contributed by atoms with van der Waals surface area (Å²) < 4.78 is 28.7. The van der Waals surface area contributed by atoms with Crippen molar-refractivity contribution in [3.63, 3.8) is 0 Å². The monoisotopic (exact) mass is 287 g/mol. The van der Waals surface area contributed by atoms with Gasteiger partial charge < -0.3 is 9.73 Å². The maximum Gasteiger partial charge on any atom is 0.235 e. The lowest BCUT2D eigenvalue weighted by molar-refractivity contribution is -0.119. The summed E-state index contributed by atoms with van der Waals surface area (Å²) in [4.78, 5) is 11.7.